The minimum absolute atomic E-state index is 0.242. The predicted octanol–water partition coefficient (Wildman–Crippen LogP) is 2.27. The van der Waals surface area contributed by atoms with E-state index in [1.54, 1.807) is 0 Å². The summed E-state index contributed by atoms with van der Waals surface area (Å²) in [6.07, 6.45) is 0.932. The largest absolute Gasteiger partial charge is 0.478 e. The maximum atomic E-state index is 5.62. The Morgan fingerprint density at radius 1 is 1.36 bits per heavy atom. The zero-order valence-corrected chi connectivity index (χ0v) is 8.57. The van der Waals surface area contributed by atoms with Crippen LogP contribution in [0.4, 0.5) is 0 Å². The molecule has 74 valence electrons. The lowest BCUT2D eigenvalue weighted by atomic mass is 10.1. The van der Waals surface area contributed by atoms with Crippen LogP contribution < -0.4 is 0 Å². The molecule has 1 aliphatic heterocycles. The first-order valence-corrected chi connectivity index (χ1v) is 5.21. The number of ether oxygens (including phenoxy) is 1. The number of nitrogens with zero attached hydrogens (tertiary/aromatic N) is 1. The van der Waals surface area contributed by atoms with E-state index >= 15 is 0 Å². The van der Waals surface area contributed by atoms with Crippen molar-refractivity contribution in [1.29, 1.82) is 0 Å². The van der Waals surface area contributed by atoms with Crippen molar-refractivity contribution in [2.45, 2.75) is 12.5 Å². The molecule has 1 aromatic rings. The number of hydrogen-bond acceptors (Lipinski definition) is 2. The number of hydrogen-bond donors (Lipinski definition) is 0. The van der Waals surface area contributed by atoms with Crippen LogP contribution in [-0.4, -0.2) is 24.4 Å². The molecule has 0 radical (unpaired) electrons. The quantitative estimate of drug-likeness (QED) is 0.700. The van der Waals surface area contributed by atoms with Crippen LogP contribution in [0.15, 0.2) is 35.3 Å². The van der Waals surface area contributed by atoms with E-state index in [1.165, 1.54) is 5.56 Å². The van der Waals surface area contributed by atoms with Gasteiger partial charge in [-0.25, -0.2) is 4.99 Å². The SMILES string of the molecule is ClCC1=N[C@@H](Cc2ccccc2)CO1. The van der Waals surface area contributed by atoms with Crippen LogP contribution in [0, 0.1) is 0 Å². The molecule has 0 aromatic heterocycles. The third-order valence-electron chi connectivity index (χ3n) is 2.20. The van der Waals surface area contributed by atoms with Gasteiger partial charge in [-0.05, 0) is 12.0 Å². The normalized spacial score (nSPS) is 20.4. The Kier molecular flexibility index (Phi) is 3.04. The van der Waals surface area contributed by atoms with Gasteiger partial charge in [-0.3, -0.25) is 0 Å². The second-order valence-electron chi connectivity index (χ2n) is 3.31. The summed E-state index contributed by atoms with van der Waals surface area (Å²) in [6, 6.07) is 10.5. The van der Waals surface area contributed by atoms with E-state index < -0.39 is 0 Å². The van der Waals surface area contributed by atoms with Crippen molar-refractivity contribution in [2.75, 3.05) is 12.5 Å². The monoisotopic (exact) mass is 209 g/mol. The van der Waals surface area contributed by atoms with Gasteiger partial charge in [-0.2, -0.15) is 0 Å². The molecular weight excluding hydrogens is 198 g/mol. The third kappa shape index (κ3) is 2.26. The minimum atomic E-state index is 0.242. The van der Waals surface area contributed by atoms with E-state index in [4.69, 9.17) is 16.3 Å². The molecule has 1 atom stereocenters. The first-order valence-electron chi connectivity index (χ1n) is 4.68. The summed E-state index contributed by atoms with van der Waals surface area (Å²) in [7, 11) is 0. The van der Waals surface area contributed by atoms with E-state index in [-0.39, 0.29) is 6.04 Å². The van der Waals surface area contributed by atoms with Crippen LogP contribution in [0.2, 0.25) is 0 Å². The fourth-order valence-corrected chi connectivity index (χ4v) is 1.68. The van der Waals surface area contributed by atoms with E-state index in [1.807, 2.05) is 18.2 Å². The topological polar surface area (TPSA) is 21.6 Å². The van der Waals surface area contributed by atoms with Gasteiger partial charge in [0.15, 0.2) is 5.90 Å². The molecule has 1 aliphatic rings. The van der Waals surface area contributed by atoms with Gasteiger partial charge in [0.25, 0.3) is 0 Å². The maximum Gasteiger partial charge on any atom is 0.199 e. The van der Waals surface area contributed by atoms with E-state index in [9.17, 15) is 0 Å². The molecule has 0 fully saturated rings. The van der Waals surface area contributed by atoms with Crippen LogP contribution in [0.3, 0.4) is 0 Å². The molecule has 0 saturated carbocycles. The Morgan fingerprint density at radius 3 is 2.79 bits per heavy atom. The van der Waals surface area contributed by atoms with Crippen molar-refractivity contribution >= 4 is 17.5 Å². The first-order chi connectivity index (χ1) is 6.88. The molecule has 14 heavy (non-hydrogen) atoms. The average Bonchev–Trinajstić information content (AvgIpc) is 2.67. The van der Waals surface area contributed by atoms with Gasteiger partial charge in [0.1, 0.15) is 6.61 Å². The highest BCUT2D eigenvalue weighted by Gasteiger charge is 2.17. The van der Waals surface area contributed by atoms with Gasteiger partial charge in [0.2, 0.25) is 0 Å². The first kappa shape index (κ1) is 9.53. The molecule has 0 N–H and O–H groups in total. The van der Waals surface area contributed by atoms with Gasteiger partial charge in [0, 0.05) is 0 Å². The fraction of sp³-hybridized carbons (Fsp3) is 0.364. The molecule has 0 unspecified atom stereocenters. The molecule has 1 aromatic carbocycles. The lowest BCUT2D eigenvalue weighted by Gasteiger charge is -2.03. The number of rotatable bonds is 3. The Labute approximate surface area is 88.6 Å². The Hall–Kier alpha value is -1.02. The molecule has 1 heterocycles. The van der Waals surface area contributed by atoms with Crippen LogP contribution in [0.25, 0.3) is 0 Å². The summed E-state index contributed by atoms with van der Waals surface area (Å²) < 4.78 is 5.30. The maximum absolute atomic E-state index is 5.62. The summed E-state index contributed by atoms with van der Waals surface area (Å²) in [5, 5.41) is 0. The summed E-state index contributed by atoms with van der Waals surface area (Å²) in [5.41, 5.74) is 1.29. The standard InChI is InChI=1S/C11H12ClNO/c12-7-11-13-10(8-14-11)6-9-4-2-1-3-5-9/h1-5,10H,6-8H2/t10-/m0/s1. The molecule has 0 amide bonds. The van der Waals surface area contributed by atoms with Gasteiger partial charge < -0.3 is 4.74 Å². The lowest BCUT2D eigenvalue weighted by Crippen LogP contribution is -2.09. The number of aliphatic imine (C=N–C) groups is 1. The van der Waals surface area contributed by atoms with Crippen LogP contribution in [-0.2, 0) is 11.2 Å². The van der Waals surface area contributed by atoms with Gasteiger partial charge >= 0.3 is 0 Å². The Morgan fingerprint density at radius 2 is 2.14 bits per heavy atom. The predicted molar refractivity (Wildman–Crippen MR) is 58.0 cm³/mol. The smallest absolute Gasteiger partial charge is 0.199 e. The Balaban J connectivity index is 1.97. The minimum Gasteiger partial charge on any atom is -0.478 e. The Bertz CT molecular complexity index is 323. The number of halogens is 1. The zero-order valence-electron chi connectivity index (χ0n) is 7.82. The van der Waals surface area contributed by atoms with Crippen molar-refractivity contribution in [3.8, 4) is 0 Å². The molecule has 2 nitrogen and oxygen atoms in total. The van der Waals surface area contributed by atoms with E-state index in [0.29, 0.717) is 18.4 Å². The second-order valence-corrected chi connectivity index (χ2v) is 3.58. The van der Waals surface area contributed by atoms with Crippen molar-refractivity contribution in [3.05, 3.63) is 35.9 Å². The van der Waals surface area contributed by atoms with E-state index in [0.717, 1.165) is 6.42 Å². The van der Waals surface area contributed by atoms with Crippen LogP contribution in [0.5, 0.6) is 0 Å². The highest BCUT2D eigenvalue weighted by atomic mass is 35.5. The molecule has 0 spiro atoms. The molecule has 0 saturated heterocycles. The van der Waals surface area contributed by atoms with Crippen molar-refractivity contribution < 1.29 is 4.74 Å². The zero-order chi connectivity index (χ0) is 9.80. The molecule has 0 bridgehead atoms. The van der Waals surface area contributed by atoms with Crippen LogP contribution in [0.1, 0.15) is 5.56 Å². The van der Waals surface area contributed by atoms with Crippen molar-refractivity contribution in [2.24, 2.45) is 4.99 Å². The van der Waals surface area contributed by atoms with Gasteiger partial charge in [0.05, 0.1) is 11.9 Å². The number of alkyl halides is 1. The number of benzene rings is 1. The van der Waals surface area contributed by atoms with Gasteiger partial charge in [-0.15, -0.1) is 11.6 Å². The molecule has 0 aliphatic carbocycles. The molecule has 3 heteroatoms. The average molecular weight is 210 g/mol. The highest BCUT2D eigenvalue weighted by molar-refractivity contribution is 6.27. The summed E-state index contributed by atoms with van der Waals surface area (Å²) in [5.74, 6) is 1.05. The van der Waals surface area contributed by atoms with Gasteiger partial charge in [-0.1, -0.05) is 30.3 Å². The molecule has 2 rings (SSSR count). The highest BCUT2D eigenvalue weighted by Crippen LogP contribution is 2.12. The summed E-state index contributed by atoms with van der Waals surface area (Å²) in [4.78, 5) is 4.36. The third-order valence-corrected chi connectivity index (χ3v) is 2.43. The van der Waals surface area contributed by atoms with Crippen molar-refractivity contribution in [3.63, 3.8) is 0 Å². The second kappa shape index (κ2) is 4.47. The molecular formula is C11H12ClNO. The van der Waals surface area contributed by atoms with Crippen LogP contribution >= 0.6 is 11.6 Å². The fourth-order valence-electron chi connectivity index (χ4n) is 1.53. The van der Waals surface area contributed by atoms with Crippen molar-refractivity contribution in [1.82, 2.24) is 0 Å². The van der Waals surface area contributed by atoms with E-state index in [2.05, 4.69) is 17.1 Å². The lowest BCUT2D eigenvalue weighted by molar-refractivity contribution is 0.314. The summed E-state index contributed by atoms with van der Waals surface area (Å²) in [6.45, 7) is 0.664. The summed E-state index contributed by atoms with van der Waals surface area (Å²) >= 11 is 5.62.